The second-order valence-corrected chi connectivity index (χ2v) is 11.1. The highest BCUT2D eigenvalue weighted by Crippen LogP contribution is 2.55. The molecule has 0 radical (unpaired) electrons. The number of esters is 1. The third kappa shape index (κ3) is 5.38. The summed E-state index contributed by atoms with van der Waals surface area (Å²) in [5.41, 5.74) is 7.94. The molecule has 39 heavy (non-hydrogen) atoms. The molecule has 5 N–H and O–H groups in total. The maximum atomic E-state index is 13.2. The van der Waals surface area contributed by atoms with E-state index in [0.717, 1.165) is 36.1 Å². The van der Waals surface area contributed by atoms with Crippen LogP contribution < -0.4 is 34.7 Å². The van der Waals surface area contributed by atoms with Gasteiger partial charge in [0.1, 0.15) is 0 Å². The summed E-state index contributed by atoms with van der Waals surface area (Å²) in [5, 5.41) is 13.8. The number of carbonyl (C=O) groups excluding carboxylic acids is 1. The Bertz CT molecular complexity index is 1220. The minimum atomic E-state index is -1.37. The van der Waals surface area contributed by atoms with Gasteiger partial charge in [-0.1, -0.05) is 0 Å². The Morgan fingerprint density at radius 3 is 2.38 bits per heavy atom. The van der Waals surface area contributed by atoms with Crippen molar-refractivity contribution in [1.82, 2.24) is 10.0 Å². The Morgan fingerprint density at radius 2 is 1.72 bits per heavy atom. The Morgan fingerprint density at radius 1 is 1.03 bits per heavy atom. The van der Waals surface area contributed by atoms with Crippen LogP contribution in [0.5, 0.6) is 28.7 Å². The van der Waals surface area contributed by atoms with Crippen molar-refractivity contribution < 1.29 is 37.8 Å². The first-order chi connectivity index (χ1) is 19.0. The molecule has 0 saturated carbocycles. The second kappa shape index (κ2) is 12.0. The summed E-state index contributed by atoms with van der Waals surface area (Å²) in [7, 11) is 1.55. The third-order valence-corrected chi connectivity index (χ3v) is 8.67. The highest BCUT2D eigenvalue weighted by molar-refractivity contribution is 7.83. The van der Waals surface area contributed by atoms with Crippen LogP contribution in [0.2, 0.25) is 0 Å². The Balaban J connectivity index is 1.51. The van der Waals surface area contributed by atoms with E-state index in [2.05, 4.69) is 10.0 Å². The van der Waals surface area contributed by atoms with E-state index < -0.39 is 28.9 Å². The Labute approximate surface area is 229 Å². The number of phenols is 1. The molecule has 1 saturated heterocycles. The molecule has 212 valence electrons. The molecule has 2 aliphatic heterocycles. The normalized spacial score (nSPS) is 23.6. The largest absolute Gasteiger partial charge is 0.502 e. The molecule has 5 atom stereocenters. The summed E-state index contributed by atoms with van der Waals surface area (Å²) in [6.07, 6.45) is 1.91. The SMILES string of the molecule is COc1cc([C@@H]2c3cc4c(cc3C(NS(=O)CCNCCCCN)C3COC(=O)[C@@H]32)OCO4)cc(OC)c1O. The highest BCUT2D eigenvalue weighted by atomic mass is 32.2. The van der Waals surface area contributed by atoms with Gasteiger partial charge in [-0.25, -0.2) is 8.93 Å². The molecule has 2 aromatic carbocycles. The fourth-order valence-corrected chi connectivity index (χ4v) is 6.72. The molecular weight excluding hydrogens is 526 g/mol. The lowest BCUT2D eigenvalue weighted by molar-refractivity contribution is -0.141. The molecule has 0 spiro atoms. The molecule has 1 aliphatic carbocycles. The van der Waals surface area contributed by atoms with Gasteiger partial charge in [-0.05, 0) is 66.9 Å². The van der Waals surface area contributed by atoms with Gasteiger partial charge in [0.2, 0.25) is 12.5 Å². The summed E-state index contributed by atoms with van der Waals surface area (Å²) < 4.78 is 44.2. The minimum Gasteiger partial charge on any atom is -0.502 e. The maximum Gasteiger partial charge on any atom is 0.310 e. The quantitative estimate of drug-likeness (QED) is 0.223. The number of hydrogen-bond donors (Lipinski definition) is 4. The van der Waals surface area contributed by atoms with Crippen molar-refractivity contribution in [1.29, 1.82) is 0 Å². The van der Waals surface area contributed by atoms with E-state index in [-0.39, 0.29) is 42.5 Å². The smallest absolute Gasteiger partial charge is 0.310 e. The van der Waals surface area contributed by atoms with Gasteiger partial charge in [-0.2, -0.15) is 0 Å². The van der Waals surface area contributed by atoms with Crippen LogP contribution in [0.25, 0.3) is 0 Å². The molecule has 0 bridgehead atoms. The van der Waals surface area contributed by atoms with E-state index in [1.807, 2.05) is 12.1 Å². The molecule has 11 nitrogen and oxygen atoms in total. The number of aromatic hydroxyl groups is 1. The van der Waals surface area contributed by atoms with Crippen LogP contribution in [0, 0.1) is 11.8 Å². The summed E-state index contributed by atoms with van der Waals surface area (Å²) in [6, 6.07) is 6.79. The van der Waals surface area contributed by atoms with E-state index in [1.54, 1.807) is 12.1 Å². The molecule has 3 unspecified atom stereocenters. The molecule has 12 heteroatoms. The van der Waals surface area contributed by atoms with Crippen LogP contribution in [0.1, 0.15) is 41.5 Å². The van der Waals surface area contributed by atoms with Crippen LogP contribution in [0.3, 0.4) is 0 Å². The van der Waals surface area contributed by atoms with Crippen molar-refractivity contribution in [3.63, 3.8) is 0 Å². The van der Waals surface area contributed by atoms with Crippen molar-refractivity contribution in [2.24, 2.45) is 17.6 Å². The molecule has 2 aromatic rings. The lowest BCUT2D eigenvalue weighted by Crippen LogP contribution is -2.42. The molecule has 1 fully saturated rings. The van der Waals surface area contributed by atoms with E-state index in [4.69, 9.17) is 29.4 Å². The van der Waals surface area contributed by atoms with Crippen molar-refractivity contribution >= 4 is 17.0 Å². The standard InChI is InChI=1S/C27H35N3O8S/c1-34-21-9-15(10-22(35-2)26(21)31)23-16-11-19-20(38-14-37-19)12-17(16)25(18-13-36-27(32)24(18)23)30-39(33)8-7-29-6-4-3-5-28/h9-12,18,23-25,29-31H,3-8,13-14,28H2,1-2H3/t18?,23-,24+,25?,39?/m1/s1. The van der Waals surface area contributed by atoms with E-state index in [0.29, 0.717) is 30.3 Å². The van der Waals surface area contributed by atoms with E-state index >= 15 is 0 Å². The van der Waals surface area contributed by atoms with Crippen LogP contribution >= 0.6 is 0 Å². The average Bonchev–Trinajstić information content (AvgIpc) is 3.56. The van der Waals surface area contributed by atoms with Crippen molar-refractivity contribution in [3.05, 3.63) is 41.0 Å². The topological polar surface area (TPSA) is 151 Å². The first-order valence-corrected chi connectivity index (χ1v) is 14.4. The number of methoxy groups -OCH3 is 2. The van der Waals surface area contributed by atoms with E-state index in [9.17, 15) is 14.1 Å². The molecule has 0 aromatic heterocycles. The number of ether oxygens (including phenoxy) is 5. The number of fused-ring (bicyclic) bond motifs is 3. The number of nitrogens with two attached hydrogens (primary N) is 1. The van der Waals surface area contributed by atoms with Gasteiger partial charge < -0.3 is 39.8 Å². The summed E-state index contributed by atoms with van der Waals surface area (Å²) in [5.74, 6) is 0.267. The fraction of sp³-hybridized carbons (Fsp3) is 0.519. The average molecular weight is 562 g/mol. The molecule has 5 rings (SSSR count). The molecule has 0 amide bonds. The monoisotopic (exact) mass is 561 g/mol. The van der Waals surface area contributed by atoms with Crippen LogP contribution in [0.4, 0.5) is 0 Å². The lowest BCUT2D eigenvalue weighted by atomic mass is 9.65. The first kappa shape index (κ1) is 27.5. The Kier molecular flexibility index (Phi) is 8.46. The summed E-state index contributed by atoms with van der Waals surface area (Å²) >= 11 is 0. The number of phenolic OH excluding ortho intramolecular Hbond substituents is 1. The van der Waals surface area contributed by atoms with Gasteiger partial charge in [-0.15, -0.1) is 0 Å². The zero-order chi connectivity index (χ0) is 27.5. The number of hydrogen-bond acceptors (Lipinski definition) is 10. The van der Waals surface area contributed by atoms with Crippen LogP contribution in [0.15, 0.2) is 24.3 Å². The molecule has 3 aliphatic rings. The van der Waals surface area contributed by atoms with E-state index in [1.165, 1.54) is 14.2 Å². The van der Waals surface area contributed by atoms with Gasteiger partial charge >= 0.3 is 5.97 Å². The summed E-state index contributed by atoms with van der Waals surface area (Å²) in [6.45, 7) is 2.34. The maximum absolute atomic E-state index is 13.2. The van der Waals surface area contributed by atoms with Gasteiger partial charge in [0, 0.05) is 18.4 Å². The van der Waals surface area contributed by atoms with Crippen LogP contribution in [-0.2, 0) is 20.5 Å². The van der Waals surface area contributed by atoms with Crippen molar-refractivity contribution in [3.8, 4) is 28.7 Å². The zero-order valence-electron chi connectivity index (χ0n) is 22.1. The predicted octanol–water partition coefficient (Wildman–Crippen LogP) is 1.70. The molecule has 2 heterocycles. The minimum absolute atomic E-state index is 0.0957. The number of carbonyl (C=O) groups is 1. The van der Waals surface area contributed by atoms with Crippen molar-refractivity contribution in [2.45, 2.75) is 24.8 Å². The zero-order valence-corrected chi connectivity index (χ0v) is 22.9. The number of unbranched alkanes of at least 4 members (excludes halogenated alkanes) is 1. The second-order valence-electron chi connectivity index (χ2n) is 9.80. The number of benzene rings is 2. The summed E-state index contributed by atoms with van der Waals surface area (Å²) in [4.78, 5) is 13.2. The Hall–Kier alpha value is -3.06. The predicted molar refractivity (Wildman–Crippen MR) is 144 cm³/mol. The fourth-order valence-electron chi connectivity index (χ4n) is 5.69. The van der Waals surface area contributed by atoms with Crippen LogP contribution in [-0.4, -0.2) is 68.3 Å². The molecular formula is C27H35N3O8S. The number of cyclic esters (lactones) is 1. The van der Waals surface area contributed by atoms with Gasteiger partial charge in [-0.3, -0.25) is 4.79 Å². The number of nitrogens with one attached hydrogen (secondary N) is 2. The highest BCUT2D eigenvalue weighted by Gasteiger charge is 2.53. The van der Waals surface area contributed by atoms with Gasteiger partial charge in [0.15, 0.2) is 23.0 Å². The van der Waals surface area contributed by atoms with Gasteiger partial charge in [0.25, 0.3) is 0 Å². The lowest BCUT2D eigenvalue weighted by Gasteiger charge is -2.39. The van der Waals surface area contributed by atoms with Crippen molar-refractivity contribution in [2.75, 3.05) is 53.0 Å². The first-order valence-electron chi connectivity index (χ1n) is 13.1. The number of rotatable bonds is 12. The van der Waals surface area contributed by atoms with Gasteiger partial charge in [0.05, 0.1) is 49.5 Å². The third-order valence-electron chi connectivity index (χ3n) is 7.58.